The van der Waals surface area contributed by atoms with E-state index in [-0.39, 0.29) is 32.5 Å². The van der Waals surface area contributed by atoms with Crippen LogP contribution in [0.4, 0.5) is 0 Å². The van der Waals surface area contributed by atoms with Crippen LogP contribution in [0.5, 0.6) is 0 Å². The number of ether oxygens (including phenoxy) is 1. The number of aliphatic hydroxyl groups is 6. The van der Waals surface area contributed by atoms with E-state index in [2.05, 4.69) is 24.8 Å². The van der Waals surface area contributed by atoms with E-state index in [1.807, 2.05) is 0 Å². The van der Waals surface area contributed by atoms with Gasteiger partial charge in [0.05, 0.1) is 33.0 Å². The van der Waals surface area contributed by atoms with Crippen molar-refractivity contribution in [1.82, 2.24) is 0 Å². The third-order valence-electron chi connectivity index (χ3n) is 1.76. The third kappa shape index (κ3) is 77.8. The molecule has 0 aromatic carbocycles. The number of aliphatic hydroxyl groups excluding tert-OH is 6. The summed E-state index contributed by atoms with van der Waals surface area (Å²) in [4.78, 5) is 9.06. The number of allylic oxidation sites excluding steroid dienone is 1. The number of carbonyl (C=O) groups is 1. The largest absolute Gasteiger partial charge is 0.396 e. The van der Waals surface area contributed by atoms with Crippen LogP contribution >= 0.6 is 0 Å². The Morgan fingerprint density at radius 3 is 1.50 bits per heavy atom. The van der Waals surface area contributed by atoms with Gasteiger partial charge in [-0.15, -0.1) is 6.58 Å². The zero-order valence-corrected chi connectivity index (χ0v) is 15.4. The fourth-order valence-corrected chi connectivity index (χ4v) is 0.389. The topological polar surface area (TPSA) is 191 Å². The summed E-state index contributed by atoms with van der Waals surface area (Å²) in [5, 5.41) is 59.9. The minimum atomic E-state index is -0.954. The van der Waals surface area contributed by atoms with E-state index >= 15 is 0 Å². The molecule has 1 aliphatic heterocycles. The van der Waals surface area contributed by atoms with Crippen LogP contribution in [0.2, 0.25) is 0 Å². The van der Waals surface area contributed by atoms with Crippen molar-refractivity contribution in [2.45, 2.75) is 32.0 Å². The van der Waals surface area contributed by atoms with E-state index in [4.69, 9.17) is 45.9 Å². The molecule has 0 saturated carbocycles. The number of unbranched alkanes of at least 4 members (excludes halogenated alkanes) is 1. The molecule has 10 heteroatoms. The molecular weight excluding hydrogens is 352 g/mol. The number of rotatable bonds is 7. The highest BCUT2D eigenvalue weighted by Crippen LogP contribution is 2.04. The van der Waals surface area contributed by atoms with Crippen molar-refractivity contribution in [1.29, 1.82) is 0 Å². The van der Waals surface area contributed by atoms with Gasteiger partial charge in [-0.2, -0.15) is 0 Å². The Morgan fingerprint density at radius 2 is 1.50 bits per heavy atom. The number of carbonyl (C=O) groups excluding carboxylic acids is 1. The Hall–Kier alpha value is -1.21. The molecule has 0 aliphatic carbocycles. The summed E-state index contributed by atoms with van der Waals surface area (Å²) in [7, 11) is 0. The van der Waals surface area contributed by atoms with Crippen molar-refractivity contribution in [2.75, 3.05) is 39.6 Å². The van der Waals surface area contributed by atoms with Crippen molar-refractivity contribution in [3.63, 3.8) is 0 Å². The van der Waals surface area contributed by atoms with Gasteiger partial charge in [0.1, 0.15) is 18.5 Å². The molecule has 8 N–H and O–H groups in total. The second-order valence-corrected chi connectivity index (χ2v) is 4.08. The summed E-state index contributed by atoms with van der Waals surface area (Å²) in [6, 6.07) is 0. The van der Waals surface area contributed by atoms with E-state index in [1.165, 1.54) is 12.2 Å². The molecule has 1 fully saturated rings. The summed E-state index contributed by atoms with van der Waals surface area (Å²) in [6.07, 6.45) is 4.54. The molecule has 1 aliphatic rings. The lowest BCUT2D eigenvalue weighted by Gasteiger charge is -1.96. The maximum absolute atomic E-state index is 9.06. The fourth-order valence-electron chi connectivity index (χ4n) is 0.389. The monoisotopic (exact) mass is 388 g/mol. The smallest absolute Gasteiger partial charge is 0.142 e. The molecule has 1 heterocycles. The molecule has 0 bridgehead atoms. The van der Waals surface area contributed by atoms with Crippen LogP contribution in [-0.4, -0.2) is 99.3 Å². The first-order valence-corrected chi connectivity index (χ1v) is 7.70. The van der Waals surface area contributed by atoms with E-state index in [9.17, 15) is 0 Å². The summed E-state index contributed by atoms with van der Waals surface area (Å²) in [5.74, 6) is 0. The zero-order valence-electron chi connectivity index (χ0n) is 15.4. The molecule has 0 spiro atoms. The van der Waals surface area contributed by atoms with E-state index in [1.54, 1.807) is 0 Å². The Kier molecular flexibility index (Phi) is 60.4. The van der Waals surface area contributed by atoms with E-state index in [0.717, 1.165) is 19.4 Å². The molecule has 1 atom stereocenters. The maximum atomic E-state index is 9.06. The van der Waals surface area contributed by atoms with Gasteiger partial charge in [0.2, 0.25) is 0 Å². The van der Waals surface area contributed by atoms with Crippen LogP contribution in [0.25, 0.3) is 0 Å². The number of hydrogen-bond donors (Lipinski definition) is 8. The Balaban J connectivity index is -0.0000000695. The number of aldehydes is 1. The highest BCUT2D eigenvalue weighted by Gasteiger charge is 2.19. The van der Waals surface area contributed by atoms with Crippen molar-refractivity contribution in [3.05, 3.63) is 25.3 Å². The van der Waals surface area contributed by atoms with Gasteiger partial charge in [-0.05, 0) is 12.5 Å². The summed E-state index contributed by atoms with van der Waals surface area (Å²) in [6.45, 7) is 9.04. The van der Waals surface area contributed by atoms with Crippen LogP contribution in [0, 0.1) is 0 Å². The van der Waals surface area contributed by atoms with Gasteiger partial charge >= 0.3 is 0 Å². The van der Waals surface area contributed by atoms with Crippen LogP contribution in [0.3, 0.4) is 0 Å². The standard InChI is InChI=1S/C4H10O.C3H8O3.C3H6O2.C3H6O.C3H4O.H2O2/c1-2-3-4-5;4-1-3(6)2-5;4-1-3-2-5-3;2*1-2-3-4;1-2/h5H,2-4H2,1H3;3-6H,1-2H2;3-4H,1-2H2;2,4H,1,3H2;2-3H,1H2;1-2H. The molecule has 0 amide bonds. The van der Waals surface area contributed by atoms with Crippen LogP contribution in [0.15, 0.2) is 25.3 Å². The molecule has 0 aromatic heterocycles. The van der Waals surface area contributed by atoms with E-state index < -0.39 is 6.10 Å². The normalized spacial score (nSPS) is 12.5. The number of epoxide rings is 1. The Morgan fingerprint density at radius 1 is 1.12 bits per heavy atom. The lowest BCUT2D eigenvalue weighted by atomic mass is 10.4. The van der Waals surface area contributed by atoms with Gasteiger partial charge in [0, 0.05) is 6.61 Å². The molecule has 10 nitrogen and oxygen atoms in total. The van der Waals surface area contributed by atoms with Gasteiger partial charge in [-0.25, -0.2) is 0 Å². The lowest BCUT2D eigenvalue weighted by molar-refractivity contribution is -0.176. The van der Waals surface area contributed by atoms with Crippen LogP contribution < -0.4 is 0 Å². The molecule has 1 rings (SSSR count). The first-order valence-electron chi connectivity index (χ1n) is 7.70. The molecule has 160 valence electrons. The predicted molar refractivity (Wildman–Crippen MR) is 97.8 cm³/mol. The van der Waals surface area contributed by atoms with Gasteiger partial charge < -0.3 is 35.4 Å². The average molecular weight is 388 g/mol. The summed E-state index contributed by atoms with van der Waals surface area (Å²) in [5.41, 5.74) is 0. The molecule has 0 radical (unpaired) electrons. The van der Waals surface area contributed by atoms with Crippen molar-refractivity contribution >= 4 is 6.29 Å². The molecule has 26 heavy (non-hydrogen) atoms. The highest BCUT2D eigenvalue weighted by atomic mass is 17.0. The maximum Gasteiger partial charge on any atom is 0.142 e. The summed E-state index contributed by atoms with van der Waals surface area (Å²) >= 11 is 0. The summed E-state index contributed by atoms with van der Waals surface area (Å²) < 4.78 is 4.61. The quantitative estimate of drug-likeness (QED) is 0.0673. The fraction of sp³-hybridized carbons (Fsp3) is 0.688. The Bertz CT molecular complexity index is 223. The zero-order chi connectivity index (χ0) is 21.6. The molecule has 1 unspecified atom stereocenters. The lowest BCUT2D eigenvalue weighted by Crippen LogP contribution is -2.15. The SMILES string of the molecule is C=CC=O.C=CCO.CCCCO.OCC(O)CO.OCC1CO1.OO. The number of hydrogen-bond acceptors (Lipinski definition) is 10. The molecular formula is C16H36O10. The molecule has 0 aromatic rings. The van der Waals surface area contributed by atoms with Gasteiger partial charge in [0.25, 0.3) is 0 Å². The molecule has 1 saturated heterocycles. The van der Waals surface area contributed by atoms with Crippen molar-refractivity contribution in [2.24, 2.45) is 0 Å². The highest BCUT2D eigenvalue weighted by molar-refractivity contribution is 5.63. The minimum absolute atomic E-state index is 0.0833. The van der Waals surface area contributed by atoms with Gasteiger partial charge in [-0.3, -0.25) is 15.3 Å². The van der Waals surface area contributed by atoms with E-state index in [0.29, 0.717) is 12.9 Å². The Labute approximate surface area is 154 Å². The van der Waals surface area contributed by atoms with Gasteiger partial charge in [0.15, 0.2) is 0 Å². The minimum Gasteiger partial charge on any atom is -0.396 e. The average Bonchev–Trinajstić information content (AvgIpc) is 3.55. The van der Waals surface area contributed by atoms with Gasteiger partial charge in [-0.1, -0.05) is 26.0 Å². The first kappa shape index (κ1) is 35.8. The van der Waals surface area contributed by atoms with Crippen LogP contribution in [0.1, 0.15) is 19.8 Å². The second-order valence-electron chi connectivity index (χ2n) is 4.08. The van der Waals surface area contributed by atoms with Crippen molar-refractivity contribution < 1.29 is 50.7 Å². The predicted octanol–water partition coefficient (Wildman–Crippen LogP) is -0.958. The third-order valence-corrected chi connectivity index (χ3v) is 1.76. The second kappa shape index (κ2) is 43.8. The van der Waals surface area contributed by atoms with Crippen LogP contribution in [-0.2, 0) is 9.53 Å². The first-order chi connectivity index (χ1) is 12.5. The van der Waals surface area contributed by atoms with Crippen molar-refractivity contribution in [3.8, 4) is 0 Å².